The maximum Gasteiger partial charge on any atom is 0.328 e. The SMILES string of the molecule is COC(=O)[C@H](CCCCN)NC(=O)COc1cc2oc3cc(OCC(=O)N[C@@H](CCCCN)C(=O)OC)c(OC)c(CC=C(C)C)c3c(=O)c2c(O)c1CC=C(C)C. The van der Waals surface area contributed by atoms with E-state index in [9.17, 15) is 29.1 Å². The highest BCUT2D eigenvalue weighted by Crippen LogP contribution is 2.41. The number of allylic oxidation sites excluding steroid dienone is 4. The Bertz CT molecular complexity index is 2050. The molecular formula is C42H58N4O12. The van der Waals surface area contributed by atoms with Crippen LogP contribution in [0, 0.1) is 0 Å². The van der Waals surface area contributed by atoms with E-state index in [1.807, 2.05) is 39.8 Å². The lowest BCUT2D eigenvalue weighted by Crippen LogP contribution is -2.43. The Morgan fingerprint density at radius 3 is 1.66 bits per heavy atom. The fourth-order valence-corrected chi connectivity index (χ4v) is 6.19. The molecule has 0 radical (unpaired) electrons. The zero-order valence-corrected chi connectivity index (χ0v) is 34.5. The van der Waals surface area contributed by atoms with Crippen LogP contribution in [0.25, 0.3) is 21.9 Å². The van der Waals surface area contributed by atoms with E-state index < -0.39 is 60.2 Å². The number of unbranched alkanes of at least 4 members (excludes halogenated alkanes) is 2. The summed E-state index contributed by atoms with van der Waals surface area (Å²) >= 11 is 0. The van der Waals surface area contributed by atoms with Crippen molar-refractivity contribution >= 4 is 45.7 Å². The summed E-state index contributed by atoms with van der Waals surface area (Å²) in [6, 6.07) is 1.01. The predicted octanol–water partition coefficient (Wildman–Crippen LogP) is 4.01. The van der Waals surface area contributed by atoms with Crippen molar-refractivity contribution < 1.29 is 52.4 Å². The number of hydrogen-bond acceptors (Lipinski definition) is 14. The standard InChI is InChI=1S/C42H58N4O12/c1-24(2)14-16-26-30(56-22-34(47)45-28(41(51)54-6)12-8-10-18-43)20-32-37(38(26)49)39(50)36-27(17-15-25(3)4)40(53-5)33(21-31(36)58-32)57-23-35(48)46-29(42(52)55-7)13-9-11-19-44/h14-15,20-21,28-29,49H,8-13,16-19,22-23,43-44H2,1-7H3,(H,45,47)(H,46,48)/t28-,29-/m0/s1. The quantitative estimate of drug-likeness (QED) is 0.0394. The summed E-state index contributed by atoms with van der Waals surface area (Å²) in [6.07, 6.45) is 7.19. The number of benzene rings is 2. The largest absolute Gasteiger partial charge is 0.507 e. The number of fused-ring (bicyclic) bond motifs is 2. The molecule has 0 aliphatic carbocycles. The van der Waals surface area contributed by atoms with E-state index in [1.54, 1.807) is 0 Å². The van der Waals surface area contributed by atoms with E-state index in [0.29, 0.717) is 57.2 Å². The van der Waals surface area contributed by atoms with Crippen LogP contribution in [0.5, 0.6) is 23.0 Å². The van der Waals surface area contributed by atoms with E-state index in [4.69, 9.17) is 39.6 Å². The molecule has 16 heteroatoms. The van der Waals surface area contributed by atoms with E-state index in [-0.39, 0.29) is 57.6 Å². The lowest BCUT2D eigenvalue weighted by Gasteiger charge is -2.19. The van der Waals surface area contributed by atoms with Crippen LogP contribution in [0.3, 0.4) is 0 Å². The molecule has 0 saturated carbocycles. The third-order valence-electron chi connectivity index (χ3n) is 9.20. The Kier molecular flexibility index (Phi) is 18.5. The number of carbonyl (C=O) groups is 4. The maximum atomic E-state index is 14.5. The minimum atomic E-state index is -0.914. The van der Waals surface area contributed by atoms with Crippen LogP contribution in [-0.2, 0) is 41.5 Å². The van der Waals surface area contributed by atoms with Gasteiger partial charge in [0, 0.05) is 23.3 Å². The molecule has 0 bridgehead atoms. The minimum Gasteiger partial charge on any atom is -0.507 e. The molecule has 2 aromatic carbocycles. The Morgan fingerprint density at radius 2 is 1.19 bits per heavy atom. The van der Waals surface area contributed by atoms with Gasteiger partial charge in [-0.25, -0.2) is 9.59 Å². The molecule has 0 aliphatic heterocycles. The average molecular weight is 811 g/mol. The number of hydrogen-bond donors (Lipinski definition) is 5. The number of amides is 2. The zero-order valence-electron chi connectivity index (χ0n) is 34.5. The monoisotopic (exact) mass is 810 g/mol. The van der Waals surface area contributed by atoms with Gasteiger partial charge in [0.1, 0.15) is 40.1 Å². The first-order chi connectivity index (χ1) is 27.7. The van der Waals surface area contributed by atoms with Crippen LogP contribution < -0.4 is 41.7 Å². The van der Waals surface area contributed by atoms with E-state index in [1.165, 1.54) is 33.5 Å². The van der Waals surface area contributed by atoms with Crippen LogP contribution in [0.4, 0.5) is 0 Å². The Balaban J connectivity index is 2.14. The number of nitrogens with two attached hydrogens (primary N) is 2. The normalized spacial score (nSPS) is 11.9. The fourth-order valence-electron chi connectivity index (χ4n) is 6.19. The summed E-state index contributed by atoms with van der Waals surface area (Å²) in [5.74, 6) is -2.53. The molecule has 0 aliphatic rings. The predicted molar refractivity (Wildman–Crippen MR) is 219 cm³/mol. The van der Waals surface area contributed by atoms with Gasteiger partial charge in [0.2, 0.25) is 5.43 Å². The second-order valence-electron chi connectivity index (χ2n) is 14.2. The second-order valence-corrected chi connectivity index (χ2v) is 14.2. The van der Waals surface area contributed by atoms with Gasteiger partial charge >= 0.3 is 11.9 Å². The molecular weight excluding hydrogens is 752 g/mol. The zero-order chi connectivity index (χ0) is 42.9. The Labute approximate surface area is 338 Å². The van der Waals surface area contributed by atoms with Crippen molar-refractivity contribution in [1.29, 1.82) is 0 Å². The summed E-state index contributed by atoms with van der Waals surface area (Å²) < 4.78 is 33.7. The number of rotatable bonds is 23. The summed E-state index contributed by atoms with van der Waals surface area (Å²) in [5.41, 5.74) is 13.1. The average Bonchev–Trinajstić information content (AvgIpc) is 3.19. The van der Waals surface area contributed by atoms with Gasteiger partial charge in [-0.15, -0.1) is 0 Å². The molecule has 58 heavy (non-hydrogen) atoms. The molecule has 3 rings (SSSR count). The lowest BCUT2D eigenvalue weighted by atomic mass is 9.98. The molecule has 16 nitrogen and oxygen atoms in total. The van der Waals surface area contributed by atoms with Crippen LogP contribution in [-0.4, -0.2) is 88.6 Å². The van der Waals surface area contributed by atoms with Crippen molar-refractivity contribution in [3.63, 3.8) is 0 Å². The highest BCUT2D eigenvalue weighted by molar-refractivity contribution is 5.98. The van der Waals surface area contributed by atoms with Crippen LogP contribution in [0.1, 0.15) is 77.3 Å². The van der Waals surface area contributed by atoms with Gasteiger partial charge in [0.15, 0.2) is 24.7 Å². The van der Waals surface area contributed by atoms with Gasteiger partial charge in [-0.05, 0) is 92.2 Å². The highest BCUT2D eigenvalue weighted by atomic mass is 16.5. The van der Waals surface area contributed by atoms with Crippen molar-refractivity contribution in [3.8, 4) is 23.0 Å². The number of phenolic OH excluding ortho intramolecular Hbond substituents is 1. The van der Waals surface area contributed by atoms with Crippen LogP contribution >= 0.6 is 0 Å². The summed E-state index contributed by atoms with van der Waals surface area (Å²) in [5, 5.41) is 17.0. The highest BCUT2D eigenvalue weighted by Gasteiger charge is 2.27. The third kappa shape index (κ3) is 12.7. The van der Waals surface area contributed by atoms with Gasteiger partial charge in [-0.2, -0.15) is 0 Å². The first-order valence-corrected chi connectivity index (χ1v) is 19.2. The fraction of sp³-hybridized carbons (Fsp3) is 0.500. The Hall–Kier alpha value is -5.61. The topological polar surface area (TPSA) is 241 Å². The van der Waals surface area contributed by atoms with Gasteiger partial charge in [-0.1, -0.05) is 23.3 Å². The van der Waals surface area contributed by atoms with E-state index in [0.717, 1.165) is 11.1 Å². The van der Waals surface area contributed by atoms with Crippen molar-refractivity contribution in [1.82, 2.24) is 10.6 Å². The van der Waals surface area contributed by atoms with Crippen molar-refractivity contribution in [3.05, 3.63) is 56.8 Å². The van der Waals surface area contributed by atoms with Crippen molar-refractivity contribution in [2.75, 3.05) is 47.6 Å². The number of methoxy groups -OCH3 is 3. The molecule has 7 N–H and O–H groups in total. The van der Waals surface area contributed by atoms with E-state index >= 15 is 0 Å². The Morgan fingerprint density at radius 1 is 0.724 bits per heavy atom. The third-order valence-corrected chi connectivity index (χ3v) is 9.20. The molecule has 0 saturated heterocycles. The summed E-state index contributed by atoms with van der Waals surface area (Å²) in [6.45, 7) is 7.33. The summed E-state index contributed by atoms with van der Waals surface area (Å²) in [4.78, 5) is 65.3. The first-order valence-electron chi connectivity index (χ1n) is 19.2. The second kappa shape index (κ2) is 23.0. The number of aromatic hydroxyl groups is 1. The van der Waals surface area contributed by atoms with Crippen molar-refractivity contribution in [2.24, 2.45) is 11.5 Å². The molecule has 1 aromatic heterocycles. The molecule has 0 spiro atoms. The number of nitrogens with one attached hydrogen (secondary N) is 2. The van der Waals surface area contributed by atoms with Gasteiger partial charge in [-0.3, -0.25) is 14.4 Å². The molecule has 318 valence electrons. The maximum absolute atomic E-state index is 14.5. The van der Waals surface area contributed by atoms with Crippen LogP contribution in [0.15, 0.2) is 44.6 Å². The van der Waals surface area contributed by atoms with Crippen molar-refractivity contribution in [2.45, 2.75) is 91.1 Å². The number of carbonyl (C=O) groups excluding carboxylic acids is 4. The van der Waals surface area contributed by atoms with E-state index in [2.05, 4.69) is 10.6 Å². The molecule has 3 aromatic rings. The van der Waals surface area contributed by atoms with Gasteiger partial charge < -0.3 is 55.3 Å². The minimum absolute atomic E-state index is 0.0543. The molecule has 2 atom stereocenters. The smallest absolute Gasteiger partial charge is 0.328 e. The van der Waals surface area contributed by atoms with Gasteiger partial charge in [0.05, 0.1) is 26.7 Å². The molecule has 0 unspecified atom stereocenters. The summed E-state index contributed by atoms with van der Waals surface area (Å²) in [7, 11) is 3.86. The number of ether oxygens (including phenoxy) is 5. The molecule has 2 amide bonds. The molecule has 0 fully saturated rings. The number of phenols is 1. The molecule has 1 heterocycles. The van der Waals surface area contributed by atoms with Gasteiger partial charge in [0.25, 0.3) is 11.8 Å². The number of esters is 2. The first kappa shape index (κ1) is 46.8. The van der Waals surface area contributed by atoms with Crippen LogP contribution in [0.2, 0.25) is 0 Å². The lowest BCUT2D eigenvalue weighted by molar-refractivity contribution is -0.145.